The fourth-order valence-electron chi connectivity index (χ4n) is 1.36. The van der Waals surface area contributed by atoms with Crippen LogP contribution < -0.4 is 16.6 Å². The van der Waals surface area contributed by atoms with Crippen LogP contribution in [0.15, 0.2) is 11.4 Å². The van der Waals surface area contributed by atoms with Gasteiger partial charge in [-0.1, -0.05) is 23.2 Å². The second kappa shape index (κ2) is 5.71. The molecule has 0 radical (unpaired) electrons. The molecule has 0 bridgehead atoms. The SMILES string of the molecule is Cc1nc(CNc2nc(NN)c(Cl)cc2Cl)cs1. The topological polar surface area (TPSA) is 75.9 Å². The average molecular weight is 304 g/mol. The van der Waals surface area contributed by atoms with Crippen molar-refractivity contribution in [2.45, 2.75) is 13.5 Å². The molecule has 8 heteroatoms. The number of nitrogens with zero attached hydrogens (tertiary/aromatic N) is 2. The standard InChI is InChI=1S/C10H11Cl2N5S/c1-5-15-6(4-18-5)3-14-9-7(11)2-8(12)10(16-9)17-13/h2,4H,3,13H2,1H3,(H2,14,16,17). The van der Waals surface area contributed by atoms with Gasteiger partial charge in [-0.2, -0.15) is 0 Å². The Kier molecular flexibility index (Phi) is 4.23. The van der Waals surface area contributed by atoms with Crippen LogP contribution in [0.3, 0.4) is 0 Å². The van der Waals surface area contributed by atoms with Gasteiger partial charge in [-0.15, -0.1) is 11.3 Å². The Balaban J connectivity index is 2.13. The van der Waals surface area contributed by atoms with Crippen LogP contribution in [0.2, 0.25) is 10.0 Å². The number of thiazole rings is 1. The van der Waals surface area contributed by atoms with Crippen LogP contribution in [0.25, 0.3) is 0 Å². The zero-order valence-corrected chi connectivity index (χ0v) is 11.8. The van der Waals surface area contributed by atoms with Gasteiger partial charge in [-0.25, -0.2) is 15.8 Å². The van der Waals surface area contributed by atoms with Crippen LogP contribution in [0.5, 0.6) is 0 Å². The maximum atomic E-state index is 6.03. The summed E-state index contributed by atoms with van der Waals surface area (Å²) in [5.41, 5.74) is 3.35. The highest BCUT2D eigenvalue weighted by Gasteiger charge is 2.08. The lowest BCUT2D eigenvalue weighted by molar-refractivity contribution is 1.04. The summed E-state index contributed by atoms with van der Waals surface area (Å²) in [6.07, 6.45) is 0. The Bertz CT molecular complexity index is 557. The molecule has 0 saturated heterocycles. The summed E-state index contributed by atoms with van der Waals surface area (Å²) in [4.78, 5) is 8.51. The van der Waals surface area contributed by atoms with Gasteiger partial charge in [0.15, 0.2) is 5.82 Å². The molecule has 0 aromatic carbocycles. The van der Waals surface area contributed by atoms with Crippen molar-refractivity contribution < 1.29 is 0 Å². The lowest BCUT2D eigenvalue weighted by Gasteiger charge is -2.09. The Morgan fingerprint density at radius 2 is 2.00 bits per heavy atom. The van der Waals surface area contributed by atoms with Crippen molar-refractivity contribution in [3.8, 4) is 0 Å². The number of aryl methyl sites for hydroxylation is 1. The van der Waals surface area contributed by atoms with E-state index in [2.05, 4.69) is 20.7 Å². The van der Waals surface area contributed by atoms with E-state index in [-0.39, 0.29) is 0 Å². The van der Waals surface area contributed by atoms with E-state index in [0.717, 1.165) is 10.7 Å². The molecule has 2 aromatic rings. The second-order valence-corrected chi connectivity index (χ2v) is 5.38. The van der Waals surface area contributed by atoms with Gasteiger partial charge >= 0.3 is 0 Å². The summed E-state index contributed by atoms with van der Waals surface area (Å²) >= 11 is 13.5. The van der Waals surface area contributed by atoms with Crippen LogP contribution in [-0.4, -0.2) is 9.97 Å². The zero-order chi connectivity index (χ0) is 13.1. The molecule has 0 spiro atoms. The van der Waals surface area contributed by atoms with Gasteiger partial charge in [0.05, 0.1) is 27.3 Å². The Morgan fingerprint density at radius 3 is 2.61 bits per heavy atom. The van der Waals surface area contributed by atoms with Gasteiger partial charge < -0.3 is 10.7 Å². The lowest BCUT2D eigenvalue weighted by Crippen LogP contribution is -2.11. The van der Waals surface area contributed by atoms with Crippen molar-refractivity contribution in [1.29, 1.82) is 0 Å². The third-order valence-corrected chi connectivity index (χ3v) is 3.57. The molecule has 2 rings (SSSR count). The van der Waals surface area contributed by atoms with Crippen LogP contribution in [0.1, 0.15) is 10.7 Å². The number of nitrogens with two attached hydrogens (primary N) is 1. The maximum Gasteiger partial charge on any atom is 0.161 e. The van der Waals surface area contributed by atoms with E-state index in [1.54, 1.807) is 17.4 Å². The molecule has 0 aliphatic carbocycles. The monoisotopic (exact) mass is 303 g/mol. The largest absolute Gasteiger partial charge is 0.363 e. The minimum Gasteiger partial charge on any atom is -0.363 e. The van der Waals surface area contributed by atoms with Crippen molar-refractivity contribution in [3.63, 3.8) is 0 Å². The van der Waals surface area contributed by atoms with Crippen LogP contribution in [0, 0.1) is 6.92 Å². The lowest BCUT2D eigenvalue weighted by atomic mass is 10.4. The molecule has 18 heavy (non-hydrogen) atoms. The predicted octanol–water partition coefficient (Wildman–Crippen LogP) is 3.05. The van der Waals surface area contributed by atoms with Crippen molar-refractivity contribution >= 4 is 46.2 Å². The molecule has 4 N–H and O–H groups in total. The van der Waals surface area contributed by atoms with Crippen LogP contribution in [0.4, 0.5) is 11.6 Å². The van der Waals surface area contributed by atoms with E-state index in [0.29, 0.717) is 28.2 Å². The van der Waals surface area contributed by atoms with Crippen molar-refractivity contribution in [3.05, 3.63) is 32.2 Å². The quantitative estimate of drug-likeness (QED) is 0.598. The number of rotatable bonds is 4. The van der Waals surface area contributed by atoms with E-state index in [1.807, 2.05) is 12.3 Å². The highest BCUT2D eigenvalue weighted by molar-refractivity contribution is 7.09. The molecule has 0 aliphatic rings. The van der Waals surface area contributed by atoms with E-state index >= 15 is 0 Å². The molecule has 0 amide bonds. The number of nitrogen functional groups attached to an aromatic ring is 1. The normalized spacial score (nSPS) is 10.4. The summed E-state index contributed by atoms with van der Waals surface area (Å²) in [6.45, 7) is 2.50. The number of hydrazine groups is 1. The number of halogens is 2. The van der Waals surface area contributed by atoms with Crippen molar-refractivity contribution in [1.82, 2.24) is 9.97 Å². The molecule has 0 atom stereocenters. The first kappa shape index (κ1) is 13.4. The number of anilines is 2. The smallest absolute Gasteiger partial charge is 0.161 e. The highest BCUT2D eigenvalue weighted by atomic mass is 35.5. The Morgan fingerprint density at radius 1 is 1.28 bits per heavy atom. The minimum absolute atomic E-state index is 0.373. The molecular weight excluding hydrogens is 293 g/mol. The minimum atomic E-state index is 0.373. The first-order valence-corrected chi connectivity index (χ1v) is 6.71. The first-order chi connectivity index (χ1) is 8.60. The summed E-state index contributed by atoms with van der Waals surface area (Å²) in [6, 6.07) is 1.58. The molecule has 0 fully saturated rings. The maximum absolute atomic E-state index is 6.03. The number of pyridine rings is 1. The van der Waals surface area contributed by atoms with E-state index in [1.165, 1.54) is 0 Å². The third kappa shape index (κ3) is 3.02. The van der Waals surface area contributed by atoms with Crippen LogP contribution in [-0.2, 0) is 6.54 Å². The first-order valence-electron chi connectivity index (χ1n) is 5.07. The highest BCUT2D eigenvalue weighted by Crippen LogP contribution is 2.28. The van der Waals surface area contributed by atoms with Crippen molar-refractivity contribution in [2.75, 3.05) is 10.7 Å². The number of nitrogens with one attached hydrogen (secondary N) is 2. The number of aromatic nitrogens is 2. The van der Waals surface area contributed by atoms with Gasteiger partial charge in [-0.3, -0.25) is 0 Å². The number of hydrogen-bond donors (Lipinski definition) is 3. The zero-order valence-electron chi connectivity index (χ0n) is 9.50. The summed E-state index contributed by atoms with van der Waals surface area (Å²) in [7, 11) is 0. The predicted molar refractivity (Wildman–Crippen MR) is 76.2 cm³/mol. The van der Waals surface area contributed by atoms with Gasteiger partial charge in [0.1, 0.15) is 5.82 Å². The summed E-state index contributed by atoms with van der Waals surface area (Å²) in [5.74, 6) is 6.19. The van der Waals surface area contributed by atoms with Crippen LogP contribution >= 0.6 is 34.5 Å². The third-order valence-electron chi connectivity index (χ3n) is 2.17. The van der Waals surface area contributed by atoms with E-state index in [4.69, 9.17) is 29.0 Å². The van der Waals surface area contributed by atoms with Crippen molar-refractivity contribution in [2.24, 2.45) is 5.84 Å². The molecule has 0 aliphatic heterocycles. The van der Waals surface area contributed by atoms with Gasteiger partial charge in [0, 0.05) is 5.38 Å². The molecule has 96 valence electrons. The molecule has 0 unspecified atom stereocenters. The Labute approximate surface area is 118 Å². The fraction of sp³-hybridized carbons (Fsp3) is 0.200. The summed E-state index contributed by atoms with van der Waals surface area (Å²) in [5, 5.41) is 6.90. The average Bonchev–Trinajstić information content (AvgIpc) is 2.74. The van der Waals surface area contributed by atoms with E-state index < -0.39 is 0 Å². The molecule has 2 aromatic heterocycles. The van der Waals surface area contributed by atoms with Gasteiger partial charge in [0.2, 0.25) is 0 Å². The summed E-state index contributed by atoms with van der Waals surface area (Å²) < 4.78 is 0. The van der Waals surface area contributed by atoms with Gasteiger partial charge in [0.25, 0.3) is 0 Å². The van der Waals surface area contributed by atoms with Gasteiger partial charge in [-0.05, 0) is 13.0 Å². The fourth-order valence-corrected chi connectivity index (χ4v) is 2.45. The molecular formula is C10H11Cl2N5S. The molecule has 5 nitrogen and oxygen atoms in total. The molecule has 0 saturated carbocycles. The second-order valence-electron chi connectivity index (χ2n) is 3.50. The number of hydrogen-bond acceptors (Lipinski definition) is 6. The van der Waals surface area contributed by atoms with E-state index in [9.17, 15) is 0 Å². The molecule has 2 heterocycles. The Hall–Kier alpha value is -1.08.